The first-order valence-electron chi connectivity index (χ1n) is 9.26. The molecule has 0 spiro atoms. The number of phenolic OH excluding ortho intramolecular Hbond substituents is 1. The number of hydrogen-bond acceptors (Lipinski definition) is 6. The number of fused-ring (bicyclic) bond motifs is 1. The van der Waals surface area contributed by atoms with Gasteiger partial charge in [-0.3, -0.25) is 4.99 Å². The molecule has 1 heterocycles. The van der Waals surface area contributed by atoms with Crippen molar-refractivity contribution in [2.24, 2.45) is 10.1 Å². The van der Waals surface area contributed by atoms with Gasteiger partial charge in [0.25, 0.3) is 0 Å². The SMILES string of the molecule is CN=c1scc(-c2ccc3cc(OC)ccc3c2)n1N=Cc1cc(OC)ccc1O. The molecule has 0 saturated heterocycles. The molecule has 0 aliphatic rings. The van der Waals surface area contributed by atoms with Crippen molar-refractivity contribution in [2.45, 2.75) is 0 Å². The van der Waals surface area contributed by atoms with E-state index in [1.54, 1.807) is 50.4 Å². The van der Waals surface area contributed by atoms with Gasteiger partial charge < -0.3 is 14.6 Å². The van der Waals surface area contributed by atoms with Crippen LogP contribution in [0.4, 0.5) is 0 Å². The highest BCUT2D eigenvalue weighted by Gasteiger charge is 2.09. The predicted molar refractivity (Wildman–Crippen MR) is 121 cm³/mol. The van der Waals surface area contributed by atoms with Crippen LogP contribution in [0.3, 0.4) is 0 Å². The Morgan fingerprint density at radius 2 is 1.63 bits per heavy atom. The van der Waals surface area contributed by atoms with Crippen molar-refractivity contribution in [3.63, 3.8) is 0 Å². The van der Waals surface area contributed by atoms with E-state index >= 15 is 0 Å². The lowest BCUT2D eigenvalue weighted by Crippen LogP contribution is -2.11. The Morgan fingerprint density at radius 3 is 2.40 bits per heavy atom. The second-order valence-electron chi connectivity index (χ2n) is 6.54. The van der Waals surface area contributed by atoms with Gasteiger partial charge in [0.15, 0.2) is 0 Å². The lowest BCUT2D eigenvalue weighted by molar-refractivity contribution is 0.412. The number of hydrogen-bond donors (Lipinski definition) is 1. The van der Waals surface area contributed by atoms with Gasteiger partial charge in [0.2, 0.25) is 4.80 Å². The van der Waals surface area contributed by atoms with Crippen LogP contribution in [0.2, 0.25) is 0 Å². The van der Waals surface area contributed by atoms with Gasteiger partial charge in [-0.15, -0.1) is 11.3 Å². The Balaban J connectivity index is 1.78. The average Bonchev–Trinajstić information content (AvgIpc) is 3.20. The summed E-state index contributed by atoms with van der Waals surface area (Å²) < 4.78 is 12.3. The quantitative estimate of drug-likeness (QED) is 0.484. The summed E-state index contributed by atoms with van der Waals surface area (Å²) in [5.74, 6) is 1.61. The first-order valence-corrected chi connectivity index (χ1v) is 10.1. The van der Waals surface area contributed by atoms with E-state index in [4.69, 9.17) is 9.47 Å². The van der Waals surface area contributed by atoms with E-state index in [2.05, 4.69) is 28.3 Å². The number of ether oxygens (including phenoxy) is 2. The largest absolute Gasteiger partial charge is 0.507 e. The topological polar surface area (TPSA) is 68.3 Å². The number of nitrogens with zero attached hydrogens (tertiary/aromatic N) is 3. The first-order chi connectivity index (χ1) is 14.6. The van der Waals surface area contributed by atoms with E-state index in [-0.39, 0.29) is 5.75 Å². The third kappa shape index (κ3) is 3.79. The van der Waals surface area contributed by atoms with E-state index in [0.29, 0.717) is 11.3 Å². The van der Waals surface area contributed by atoms with Gasteiger partial charge >= 0.3 is 0 Å². The Labute approximate surface area is 178 Å². The minimum atomic E-state index is 0.131. The van der Waals surface area contributed by atoms with Gasteiger partial charge in [-0.05, 0) is 47.2 Å². The number of aromatic hydroxyl groups is 1. The molecule has 30 heavy (non-hydrogen) atoms. The van der Waals surface area contributed by atoms with Crippen LogP contribution in [0, 0.1) is 0 Å². The zero-order valence-electron chi connectivity index (χ0n) is 16.9. The number of phenols is 1. The molecule has 0 aliphatic heterocycles. The molecule has 4 rings (SSSR count). The molecule has 1 N–H and O–H groups in total. The molecule has 0 atom stereocenters. The van der Waals surface area contributed by atoms with Crippen molar-refractivity contribution in [3.8, 4) is 28.5 Å². The summed E-state index contributed by atoms with van der Waals surface area (Å²) in [5, 5.41) is 19.0. The molecule has 152 valence electrons. The molecular formula is C23H21N3O3S. The van der Waals surface area contributed by atoms with Crippen LogP contribution in [0.25, 0.3) is 22.0 Å². The second kappa shape index (κ2) is 8.42. The Kier molecular flexibility index (Phi) is 5.54. The lowest BCUT2D eigenvalue weighted by atomic mass is 10.1. The maximum absolute atomic E-state index is 10.1. The van der Waals surface area contributed by atoms with E-state index in [1.165, 1.54) is 11.3 Å². The minimum Gasteiger partial charge on any atom is -0.507 e. The fraction of sp³-hybridized carbons (Fsp3) is 0.130. The van der Waals surface area contributed by atoms with Crippen molar-refractivity contribution in [2.75, 3.05) is 21.3 Å². The minimum absolute atomic E-state index is 0.131. The van der Waals surface area contributed by atoms with Crippen LogP contribution in [0.1, 0.15) is 5.56 Å². The molecular weight excluding hydrogens is 398 g/mol. The summed E-state index contributed by atoms with van der Waals surface area (Å²) in [6, 6.07) is 17.3. The maximum atomic E-state index is 10.1. The molecule has 6 nitrogen and oxygen atoms in total. The van der Waals surface area contributed by atoms with Crippen molar-refractivity contribution in [1.82, 2.24) is 4.68 Å². The van der Waals surface area contributed by atoms with Crippen molar-refractivity contribution in [1.29, 1.82) is 0 Å². The molecule has 3 aromatic carbocycles. The number of aromatic nitrogens is 1. The van der Waals surface area contributed by atoms with Crippen LogP contribution < -0.4 is 14.3 Å². The summed E-state index contributed by atoms with van der Waals surface area (Å²) in [4.78, 5) is 5.08. The molecule has 0 amide bonds. The summed E-state index contributed by atoms with van der Waals surface area (Å²) in [6.07, 6.45) is 1.61. The summed E-state index contributed by atoms with van der Waals surface area (Å²) in [7, 11) is 4.98. The van der Waals surface area contributed by atoms with Crippen molar-refractivity contribution >= 4 is 28.3 Å². The molecule has 0 fully saturated rings. The van der Waals surface area contributed by atoms with E-state index in [0.717, 1.165) is 32.6 Å². The van der Waals surface area contributed by atoms with Crippen LogP contribution in [-0.4, -0.2) is 37.3 Å². The number of benzene rings is 3. The molecule has 0 unspecified atom stereocenters. The molecule has 0 radical (unpaired) electrons. The van der Waals surface area contributed by atoms with Crippen LogP contribution >= 0.6 is 11.3 Å². The molecule has 7 heteroatoms. The van der Waals surface area contributed by atoms with Gasteiger partial charge in [-0.25, -0.2) is 4.68 Å². The highest BCUT2D eigenvalue weighted by atomic mass is 32.1. The average molecular weight is 420 g/mol. The summed E-state index contributed by atoms with van der Waals surface area (Å²) in [5.41, 5.74) is 2.49. The maximum Gasteiger partial charge on any atom is 0.205 e. The van der Waals surface area contributed by atoms with Crippen LogP contribution in [0.5, 0.6) is 17.2 Å². The molecule has 1 aromatic heterocycles. The molecule has 0 saturated carbocycles. The van der Waals surface area contributed by atoms with Gasteiger partial charge in [0, 0.05) is 23.6 Å². The molecule has 4 aromatic rings. The normalized spacial score (nSPS) is 12.0. The Bertz CT molecular complexity index is 1300. The van der Waals surface area contributed by atoms with Crippen LogP contribution in [0.15, 0.2) is 70.1 Å². The number of thiazole rings is 1. The highest BCUT2D eigenvalue weighted by molar-refractivity contribution is 7.07. The fourth-order valence-corrected chi connectivity index (χ4v) is 3.96. The van der Waals surface area contributed by atoms with Gasteiger partial charge in [0.05, 0.1) is 26.1 Å². The fourth-order valence-electron chi connectivity index (χ4n) is 3.15. The summed E-state index contributed by atoms with van der Waals surface area (Å²) in [6.45, 7) is 0. The standard InChI is InChI=1S/C23H21N3O3S/c1-24-23-26(25-13-18-12-20(29-3)8-9-22(18)27)21(14-30-23)17-5-4-16-11-19(28-2)7-6-15(16)10-17/h4-14,27H,1-3H3. The Morgan fingerprint density at radius 1 is 0.933 bits per heavy atom. The Hall–Kier alpha value is -3.58. The second-order valence-corrected chi connectivity index (χ2v) is 7.37. The van der Waals surface area contributed by atoms with Gasteiger partial charge in [-0.1, -0.05) is 18.2 Å². The number of methoxy groups -OCH3 is 2. The predicted octanol–water partition coefficient (Wildman–Crippen LogP) is 4.51. The first kappa shape index (κ1) is 19.7. The summed E-state index contributed by atoms with van der Waals surface area (Å²) >= 11 is 1.50. The third-order valence-corrected chi connectivity index (χ3v) is 5.67. The van der Waals surface area contributed by atoms with Crippen molar-refractivity contribution in [3.05, 3.63) is 70.3 Å². The van der Waals surface area contributed by atoms with E-state index < -0.39 is 0 Å². The zero-order valence-corrected chi connectivity index (χ0v) is 17.7. The van der Waals surface area contributed by atoms with E-state index in [9.17, 15) is 5.11 Å². The number of rotatable bonds is 5. The molecule has 0 bridgehead atoms. The third-order valence-electron chi connectivity index (χ3n) is 4.77. The molecule has 0 aliphatic carbocycles. The lowest BCUT2D eigenvalue weighted by Gasteiger charge is -2.07. The monoisotopic (exact) mass is 419 g/mol. The van der Waals surface area contributed by atoms with Crippen LogP contribution in [-0.2, 0) is 0 Å². The van der Waals surface area contributed by atoms with Crippen molar-refractivity contribution < 1.29 is 14.6 Å². The highest BCUT2D eigenvalue weighted by Crippen LogP contribution is 2.28. The zero-order chi connectivity index (χ0) is 21.1. The van der Waals surface area contributed by atoms with Gasteiger partial charge in [-0.2, -0.15) is 5.10 Å². The van der Waals surface area contributed by atoms with E-state index in [1.807, 2.05) is 23.6 Å². The van der Waals surface area contributed by atoms with Gasteiger partial charge in [0.1, 0.15) is 17.2 Å². The smallest absolute Gasteiger partial charge is 0.205 e.